The van der Waals surface area contributed by atoms with Crippen LogP contribution in [0.2, 0.25) is 0 Å². The van der Waals surface area contributed by atoms with E-state index in [1.165, 1.54) is 0 Å². The first-order valence-electron chi connectivity index (χ1n) is 6.61. The fourth-order valence-corrected chi connectivity index (χ4v) is 2.32. The van der Waals surface area contributed by atoms with Gasteiger partial charge in [-0.1, -0.05) is 36.4 Å². The van der Waals surface area contributed by atoms with Crippen LogP contribution in [0.25, 0.3) is 0 Å². The number of phenolic OH excluding ortho intramolecular Hbond substituents is 1. The van der Waals surface area contributed by atoms with Gasteiger partial charge in [0.05, 0.1) is 5.92 Å². The van der Waals surface area contributed by atoms with E-state index in [1.807, 2.05) is 37.3 Å². The fraction of sp³-hybridized carbons (Fsp3) is 0.235. The molecule has 2 N–H and O–H groups in total. The number of aliphatic carboxylic acids is 1. The summed E-state index contributed by atoms with van der Waals surface area (Å²) >= 11 is 0. The van der Waals surface area contributed by atoms with Crippen LogP contribution in [-0.4, -0.2) is 16.2 Å². The van der Waals surface area contributed by atoms with Crippen molar-refractivity contribution in [2.75, 3.05) is 0 Å². The van der Waals surface area contributed by atoms with Crippen molar-refractivity contribution in [3.05, 3.63) is 65.2 Å². The number of rotatable bonds is 5. The Morgan fingerprint density at radius 3 is 2.50 bits per heavy atom. The average Bonchev–Trinajstić information content (AvgIpc) is 2.40. The smallest absolute Gasteiger partial charge is 0.307 e. The summed E-state index contributed by atoms with van der Waals surface area (Å²) in [7, 11) is 0. The highest BCUT2D eigenvalue weighted by Crippen LogP contribution is 2.20. The highest BCUT2D eigenvalue weighted by molar-refractivity contribution is 5.71. The van der Waals surface area contributed by atoms with Gasteiger partial charge in [0.15, 0.2) is 0 Å². The minimum Gasteiger partial charge on any atom is -0.508 e. The molecule has 0 amide bonds. The molecule has 0 heterocycles. The van der Waals surface area contributed by atoms with Gasteiger partial charge >= 0.3 is 5.97 Å². The van der Waals surface area contributed by atoms with E-state index >= 15 is 0 Å². The standard InChI is InChI=1S/C17H18O3/c1-12-5-2-3-7-14(12)11-15(17(19)20)9-13-6-4-8-16(18)10-13/h2-8,10,15,18H,9,11H2,1H3,(H,19,20). The molecule has 20 heavy (non-hydrogen) atoms. The minimum absolute atomic E-state index is 0.169. The van der Waals surface area contributed by atoms with Crippen LogP contribution in [-0.2, 0) is 17.6 Å². The zero-order valence-electron chi connectivity index (χ0n) is 11.4. The van der Waals surface area contributed by atoms with Gasteiger partial charge in [0.2, 0.25) is 0 Å². The van der Waals surface area contributed by atoms with Crippen LogP contribution >= 0.6 is 0 Å². The number of aryl methyl sites for hydroxylation is 1. The normalized spacial score (nSPS) is 12.1. The van der Waals surface area contributed by atoms with Crippen molar-refractivity contribution >= 4 is 5.97 Å². The molecule has 2 aromatic rings. The number of carboxylic acids is 1. The van der Waals surface area contributed by atoms with Crippen LogP contribution in [0.1, 0.15) is 16.7 Å². The van der Waals surface area contributed by atoms with E-state index in [2.05, 4.69) is 0 Å². The summed E-state index contributed by atoms with van der Waals surface area (Å²) in [4.78, 5) is 11.4. The zero-order chi connectivity index (χ0) is 14.5. The SMILES string of the molecule is Cc1ccccc1CC(Cc1cccc(O)c1)C(=O)O. The molecule has 3 heteroatoms. The van der Waals surface area contributed by atoms with Gasteiger partial charge in [-0.25, -0.2) is 0 Å². The number of carboxylic acid groups (broad SMARTS) is 1. The van der Waals surface area contributed by atoms with Crippen LogP contribution in [0.4, 0.5) is 0 Å². The molecular weight excluding hydrogens is 252 g/mol. The van der Waals surface area contributed by atoms with Gasteiger partial charge in [-0.2, -0.15) is 0 Å². The molecule has 0 aliphatic rings. The van der Waals surface area contributed by atoms with Gasteiger partial charge < -0.3 is 10.2 Å². The fourth-order valence-electron chi connectivity index (χ4n) is 2.32. The van der Waals surface area contributed by atoms with Gasteiger partial charge in [-0.15, -0.1) is 0 Å². The summed E-state index contributed by atoms with van der Waals surface area (Å²) < 4.78 is 0. The van der Waals surface area contributed by atoms with Crippen LogP contribution in [0.15, 0.2) is 48.5 Å². The molecule has 1 unspecified atom stereocenters. The van der Waals surface area contributed by atoms with Crippen LogP contribution < -0.4 is 0 Å². The molecule has 0 fully saturated rings. The Balaban J connectivity index is 2.16. The van der Waals surface area contributed by atoms with E-state index < -0.39 is 11.9 Å². The summed E-state index contributed by atoms with van der Waals surface area (Å²) in [5.41, 5.74) is 3.00. The van der Waals surface area contributed by atoms with Crippen molar-refractivity contribution in [2.45, 2.75) is 19.8 Å². The molecule has 0 aliphatic carbocycles. The highest BCUT2D eigenvalue weighted by atomic mass is 16.4. The lowest BCUT2D eigenvalue weighted by Crippen LogP contribution is -2.19. The first-order chi connectivity index (χ1) is 9.56. The van der Waals surface area contributed by atoms with E-state index in [1.54, 1.807) is 18.2 Å². The van der Waals surface area contributed by atoms with Crippen LogP contribution in [0, 0.1) is 12.8 Å². The monoisotopic (exact) mass is 270 g/mol. The van der Waals surface area contributed by atoms with Crippen molar-refractivity contribution in [3.63, 3.8) is 0 Å². The molecule has 0 saturated carbocycles. The van der Waals surface area contributed by atoms with Crippen molar-refractivity contribution in [2.24, 2.45) is 5.92 Å². The van der Waals surface area contributed by atoms with Crippen molar-refractivity contribution in [1.82, 2.24) is 0 Å². The number of hydrogen-bond donors (Lipinski definition) is 2. The molecule has 3 nitrogen and oxygen atoms in total. The van der Waals surface area contributed by atoms with Crippen molar-refractivity contribution in [3.8, 4) is 5.75 Å². The van der Waals surface area contributed by atoms with Crippen LogP contribution in [0.3, 0.4) is 0 Å². The highest BCUT2D eigenvalue weighted by Gasteiger charge is 2.19. The summed E-state index contributed by atoms with van der Waals surface area (Å²) in [5, 5.41) is 18.8. The third-order valence-electron chi connectivity index (χ3n) is 3.47. The largest absolute Gasteiger partial charge is 0.508 e. The van der Waals surface area contributed by atoms with Gasteiger partial charge in [-0.05, 0) is 48.6 Å². The molecule has 0 aromatic heterocycles. The summed E-state index contributed by atoms with van der Waals surface area (Å²) in [6.07, 6.45) is 0.912. The van der Waals surface area contributed by atoms with E-state index in [9.17, 15) is 15.0 Å². The van der Waals surface area contributed by atoms with Crippen LogP contribution in [0.5, 0.6) is 5.75 Å². The van der Waals surface area contributed by atoms with E-state index in [4.69, 9.17) is 0 Å². The van der Waals surface area contributed by atoms with Gasteiger partial charge in [0.25, 0.3) is 0 Å². The van der Waals surface area contributed by atoms with Crippen molar-refractivity contribution < 1.29 is 15.0 Å². The third-order valence-corrected chi connectivity index (χ3v) is 3.47. The lowest BCUT2D eigenvalue weighted by atomic mass is 9.91. The Labute approximate surface area is 118 Å². The predicted octanol–water partition coefficient (Wildman–Crippen LogP) is 3.19. The Morgan fingerprint density at radius 2 is 1.85 bits per heavy atom. The Bertz CT molecular complexity index is 605. The second-order valence-corrected chi connectivity index (χ2v) is 5.04. The Hall–Kier alpha value is -2.29. The molecule has 2 aromatic carbocycles. The molecule has 0 aliphatic heterocycles. The van der Waals surface area contributed by atoms with Crippen molar-refractivity contribution in [1.29, 1.82) is 0 Å². The maximum atomic E-state index is 11.4. The molecule has 0 bridgehead atoms. The number of hydrogen-bond acceptors (Lipinski definition) is 2. The second-order valence-electron chi connectivity index (χ2n) is 5.04. The number of carbonyl (C=O) groups is 1. The number of benzene rings is 2. The van der Waals surface area contributed by atoms with E-state index in [-0.39, 0.29) is 5.75 Å². The Kier molecular flexibility index (Phi) is 4.41. The average molecular weight is 270 g/mol. The van der Waals surface area contributed by atoms with Gasteiger partial charge in [-0.3, -0.25) is 4.79 Å². The maximum Gasteiger partial charge on any atom is 0.307 e. The summed E-state index contributed by atoms with van der Waals surface area (Å²) in [6, 6.07) is 14.6. The molecule has 0 saturated heterocycles. The molecule has 104 valence electrons. The first-order valence-corrected chi connectivity index (χ1v) is 6.61. The van der Waals surface area contributed by atoms with E-state index in [0.717, 1.165) is 16.7 Å². The zero-order valence-corrected chi connectivity index (χ0v) is 11.4. The molecule has 0 radical (unpaired) electrons. The molecular formula is C17H18O3. The Morgan fingerprint density at radius 1 is 1.10 bits per heavy atom. The first kappa shape index (κ1) is 14.1. The quantitative estimate of drug-likeness (QED) is 0.877. The summed E-state index contributed by atoms with van der Waals surface area (Å²) in [5.74, 6) is -1.13. The third kappa shape index (κ3) is 3.60. The van der Waals surface area contributed by atoms with Gasteiger partial charge in [0, 0.05) is 0 Å². The lowest BCUT2D eigenvalue weighted by molar-refractivity contribution is -0.141. The number of aromatic hydroxyl groups is 1. The topological polar surface area (TPSA) is 57.5 Å². The predicted molar refractivity (Wildman–Crippen MR) is 77.8 cm³/mol. The molecule has 2 rings (SSSR count). The molecule has 0 spiro atoms. The molecule has 1 atom stereocenters. The lowest BCUT2D eigenvalue weighted by Gasteiger charge is -2.14. The number of phenols is 1. The van der Waals surface area contributed by atoms with Gasteiger partial charge in [0.1, 0.15) is 5.75 Å². The maximum absolute atomic E-state index is 11.4. The second kappa shape index (κ2) is 6.24. The summed E-state index contributed by atoms with van der Waals surface area (Å²) in [6.45, 7) is 1.99. The minimum atomic E-state index is -0.809. The van der Waals surface area contributed by atoms with E-state index in [0.29, 0.717) is 12.8 Å².